The lowest BCUT2D eigenvalue weighted by atomic mass is 9.93. The molecule has 0 bridgehead atoms. The number of nitrogens with one attached hydrogen (secondary N) is 2. The number of benzene rings is 1. The van der Waals surface area contributed by atoms with Gasteiger partial charge in [-0.3, -0.25) is 0 Å². The predicted molar refractivity (Wildman–Crippen MR) is 84.9 cm³/mol. The highest BCUT2D eigenvalue weighted by Gasteiger charge is 2.34. The van der Waals surface area contributed by atoms with Crippen LogP contribution < -0.4 is 10.6 Å². The first-order chi connectivity index (χ1) is 9.24. The average Bonchev–Trinajstić information content (AvgIpc) is 3.04. The van der Waals surface area contributed by atoms with Gasteiger partial charge in [0.1, 0.15) is 0 Å². The maximum Gasteiger partial charge on any atom is 0.0568 e. The first kappa shape index (κ1) is 13.7. The molecule has 2 fully saturated rings. The summed E-state index contributed by atoms with van der Waals surface area (Å²) in [7, 11) is 0. The number of hydrogen-bond acceptors (Lipinski definition) is 2. The second kappa shape index (κ2) is 6.02. The molecule has 3 rings (SSSR count). The van der Waals surface area contributed by atoms with E-state index in [1.165, 1.54) is 38.6 Å². The van der Waals surface area contributed by atoms with E-state index in [0.29, 0.717) is 12.1 Å². The lowest BCUT2D eigenvalue weighted by Crippen LogP contribution is -2.38. The van der Waals surface area contributed by atoms with Crippen LogP contribution in [0.5, 0.6) is 0 Å². The SMILES string of the molecule is Clc1cc(NC2CCCC2C2CCCN2)ccc1Br. The molecular formula is C15H20BrClN2. The zero-order chi connectivity index (χ0) is 13.2. The van der Waals surface area contributed by atoms with Gasteiger partial charge in [-0.1, -0.05) is 18.0 Å². The van der Waals surface area contributed by atoms with Gasteiger partial charge in [0.25, 0.3) is 0 Å². The van der Waals surface area contributed by atoms with Crippen molar-refractivity contribution >= 4 is 33.2 Å². The number of anilines is 1. The van der Waals surface area contributed by atoms with Gasteiger partial charge in [-0.2, -0.15) is 0 Å². The van der Waals surface area contributed by atoms with Crippen LogP contribution in [0, 0.1) is 5.92 Å². The van der Waals surface area contributed by atoms with E-state index in [1.54, 1.807) is 0 Å². The Labute approximate surface area is 128 Å². The molecule has 1 saturated carbocycles. The maximum atomic E-state index is 6.16. The summed E-state index contributed by atoms with van der Waals surface area (Å²) in [4.78, 5) is 0. The minimum atomic E-state index is 0.591. The van der Waals surface area contributed by atoms with Crippen molar-refractivity contribution in [3.05, 3.63) is 27.7 Å². The summed E-state index contributed by atoms with van der Waals surface area (Å²) in [5, 5.41) is 8.13. The number of rotatable bonds is 3. The van der Waals surface area contributed by atoms with E-state index in [-0.39, 0.29) is 0 Å². The second-order valence-corrected chi connectivity index (χ2v) is 6.94. The van der Waals surface area contributed by atoms with Crippen molar-refractivity contribution < 1.29 is 0 Å². The molecule has 1 aromatic rings. The molecule has 1 aliphatic carbocycles. The summed E-state index contributed by atoms with van der Waals surface area (Å²) >= 11 is 9.60. The lowest BCUT2D eigenvalue weighted by Gasteiger charge is -2.27. The van der Waals surface area contributed by atoms with E-state index in [9.17, 15) is 0 Å². The van der Waals surface area contributed by atoms with Crippen LogP contribution in [-0.4, -0.2) is 18.6 Å². The van der Waals surface area contributed by atoms with Crippen LogP contribution in [0.25, 0.3) is 0 Å². The molecule has 3 atom stereocenters. The zero-order valence-electron chi connectivity index (χ0n) is 11.0. The topological polar surface area (TPSA) is 24.1 Å². The summed E-state index contributed by atoms with van der Waals surface area (Å²) in [6, 6.07) is 7.44. The molecule has 19 heavy (non-hydrogen) atoms. The Balaban J connectivity index is 1.69. The standard InChI is InChI=1S/C15H20BrClN2/c16-12-7-6-10(9-13(12)17)19-15-4-1-3-11(15)14-5-2-8-18-14/h6-7,9,11,14-15,18-19H,1-5,8H2. The fourth-order valence-electron chi connectivity index (χ4n) is 3.53. The smallest absolute Gasteiger partial charge is 0.0568 e. The average molecular weight is 344 g/mol. The molecule has 0 spiro atoms. The molecule has 1 aromatic carbocycles. The normalized spacial score (nSPS) is 30.7. The Morgan fingerprint density at radius 1 is 1.21 bits per heavy atom. The van der Waals surface area contributed by atoms with Crippen molar-refractivity contribution in [2.75, 3.05) is 11.9 Å². The fourth-order valence-corrected chi connectivity index (χ4v) is 3.95. The van der Waals surface area contributed by atoms with Gasteiger partial charge < -0.3 is 10.6 Å². The van der Waals surface area contributed by atoms with Crippen LogP contribution in [0.1, 0.15) is 32.1 Å². The summed E-state index contributed by atoms with van der Waals surface area (Å²) in [5.74, 6) is 0.768. The Hall–Kier alpha value is -0.250. The van der Waals surface area contributed by atoms with Crippen molar-refractivity contribution in [2.24, 2.45) is 5.92 Å². The van der Waals surface area contributed by atoms with Crippen LogP contribution in [0.3, 0.4) is 0 Å². The highest BCUT2D eigenvalue weighted by Crippen LogP contribution is 2.35. The quantitative estimate of drug-likeness (QED) is 0.848. The Morgan fingerprint density at radius 2 is 2.11 bits per heavy atom. The van der Waals surface area contributed by atoms with E-state index in [2.05, 4.69) is 32.6 Å². The van der Waals surface area contributed by atoms with Crippen molar-refractivity contribution in [3.8, 4) is 0 Å². The van der Waals surface area contributed by atoms with Crippen LogP contribution in [0.2, 0.25) is 5.02 Å². The molecule has 2 N–H and O–H groups in total. The molecule has 0 amide bonds. The largest absolute Gasteiger partial charge is 0.382 e. The van der Waals surface area contributed by atoms with Gasteiger partial charge >= 0.3 is 0 Å². The summed E-state index contributed by atoms with van der Waals surface area (Å²) in [5.41, 5.74) is 1.14. The zero-order valence-corrected chi connectivity index (χ0v) is 13.3. The van der Waals surface area contributed by atoms with Gasteiger partial charge in [0, 0.05) is 22.2 Å². The van der Waals surface area contributed by atoms with Crippen LogP contribution in [0.15, 0.2) is 22.7 Å². The van der Waals surface area contributed by atoms with Crippen molar-refractivity contribution in [3.63, 3.8) is 0 Å². The molecule has 1 heterocycles. The lowest BCUT2D eigenvalue weighted by molar-refractivity contribution is 0.376. The van der Waals surface area contributed by atoms with Gasteiger partial charge in [0.2, 0.25) is 0 Å². The fraction of sp³-hybridized carbons (Fsp3) is 0.600. The van der Waals surface area contributed by atoms with Gasteiger partial charge in [-0.05, 0) is 72.3 Å². The molecular weight excluding hydrogens is 324 g/mol. The number of hydrogen-bond donors (Lipinski definition) is 2. The van der Waals surface area contributed by atoms with Crippen LogP contribution >= 0.6 is 27.5 Å². The van der Waals surface area contributed by atoms with E-state index >= 15 is 0 Å². The van der Waals surface area contributed by atoms with Gasteiger partial charge in [-0.25, -0.2) is 0 Å². The Bertz CT molecular complexity index is 446. The third-order valence-corrected chi connectivity index (χ3v) is 5.69. The summed E-state index contributed by atoms with van der Waals surface area (Å²) in [6.07, 6.45) is 6.63. The molecule has 2 aliphatic rings. The molecule has 2 nitrogen and oxygen atoms in total. The van der Waals surface area contributed by atoms with E-state index in [0.717, 1.165) is 21.1 Å². The number of halogens is 2. The van der Waals surface area contributed by atoms with E-state index in [1.807, 2.05) is 12.1 Å². The monoisotopic (exact) mass is 342 g/mol. The van der Waals surface area contributed by atoms with Crippen LogP contribution in [-0.2, 0) is 0 Å². The van der Waals surface area contributed by atoms with E-state index in [4.69, 9.17) is 11.6 Å². The van der Waals surface area contributed by atoms with Gasteiger partial charge in [0.15, 0.2) is 0 Å². The molecule has 1 aliphatic heterocycles. The van der Waals surface area contributed by atoms with Gasteiger partial charge in [-0.15, -0.1) is 0 Å². The Kier molecular flexibility index (Phi) is 4.35. The maximum absolute atomic E-state index is 6.16. The highest BCUT2D eigenvalue weighted by molar-refractivity contribution is 9.10. The molecule has 0 radical (unpaired) electrons. The minimum Gasteiger partial charge on any atom is -0.382 e. The molecule has 4 heteroatoms. The van der Waals surface area contributed by atoms with Gasteiger partial charge in [0.05, 0.1) is 5.02 Å². The van der Waals surface area contributed by atoms with Crippen molar-refractivity contribution in [1.29, 1.82) is 0 Å². The second-order valence-electron chi connectivity index (χ2n) is 5.68. The molecule has 1 saturated heterocycles. The molecule has 104 valence electrons. The molecule has 3 unspecified atom stereocenters. The van der Waals surface area contributed by atoms with Crippen molar-refractivity contribution in [2.45, 2.75) is 44.2 Å². The Morgan fingerprint density at radius 3 is 2.84 bits per heavy atom. The third-order valence-electron chi connectivity index (χ3n) is 4.46. The predicted octanol–water partition coefficient (Wildman–Crippen LogP) is 4.44. The third kappa shape index (κ3) is 3.09. The van der Waals surface area contributed by atoms with Crippen molar-refractivity contribution in [1.82, 2.24) is 5.32 Å². The first-order valence-corrected chi connectivity index (χ1v) is 8.36. The molecule has 0 aromatic heterocycles. The van der Waals surface area contributed by atoms with Crippen LogP contribution in [0.4, 0.5) is 5.69 Å². The minimum absolute atomic E-state index is 0.591. The highest BCUT2D eigenvalue weighted by atomic mass is 79.9. The first-order valence-electron chi connectivity index (χ1n) is 7.19. The summed E-state index contributed by atoms with van der Waals surface area (Å²) in [6.45, 7) is 1.19. The van der Waals surface area contributed by atoms with E-state index < -0.39 is 0 Å². The summed E-state index contributed by atoms with van der Waals surface area (Å²) < 4.78 is 0.958.